The minimum absolute atomic E-state index is 0.128. The van der Waals surface area contributed by atoms with E-state index in [2.05, 4.69) is 20.8 Å². The number of ether oxygens (including phenoxy) is 3. The fourth-order valence-corrected chi connectivity index (χ4v) is 2.74. The molecule has 0 amide bonds. The van der Waals surface area contributed by atoms with Crippen LogP contribution in [0.15, 0.2) is 23.4 Å². The van der Waals surface area contributed by atoms with Gasteiger partial charge in [-0.1, -0.05) is 29.4 Å². The Hall–Kier alpha value is -1.81. The molecule has 0 unspecified atom stereocenters. The molecule has 1 heterocycles. The third-order valence-corrected chi connectivity index (χ3v) is 4.06. The van der Waals surface area contributed by atoms with Gasteiger partial charge in [-0.2, -0.15) is 0 Å². The van der Waals surface area contributed by atoms with Gasteiger partial charge in [-0.3, -0.25) is 10.9 Å². The minimum atomic E-state index is -0.796. The van der Waals surface area contributed by atoms with E-state index in [9.17, 15) is 4.39 Å². The second-order valence-corrected chi connectivity index (χ2v) is 5.77. The van der Waals surface area contributed by atoms with Crippen LogP contribution in [0.4, 0.5) is 15.9 Å². The minimum Gasteiger partial charge on any atom is -0.494 e. The van der Waals surface area contributed by atoms with Crippen molar-refractivity contribution in [2.45, 2.75) is 11.4 Å². The predicted octanol–water partition coefficient (Wildman–Crippen LogP) is 3.73. The Morgan fingerprint density at radius 3 is 2.48 bits per heavy atom. The second kappa shape index (κ2) is 9.04. The van der Waals surface area contributed by atoms with Crippen molar-refractivity contribution in [1.29, 1.82) is 0 Å². The maximum absolute atomic E-state index is 14.1. The van der Waals surface area contributed by atoms with Crippen LogP contribution in [0.25, 0.3) is 0 Å². The largest absolute Gasteiger partial charge is 0.494 e. The lowest BCUT2D eigenvalue weighted by Gasteiger charge is -2.20. The molecule has 0 saturated heterocycles. The molecule has 1 aromatic carbocycles. The topological polar surface area (TPSA) is 77.5 Å². The van der Waals surface area contributed by atoms with Crippen molar-refractivity contribution in [2.24, 2.45) is 0 Å². The number of nitrogens with zero attached hydrogens (tertiary/aromatic N) is 2. The van der Waals surface area contributed by atoms with Crippen molar-refractivity contribution < 1.29 is 18.6 Å². The van der Waals surface area contributed by atoms with Crippen LogP contribution >= 0.6 is 23.4 Å². The van der Waals surface area contributed by atoms with Crippen molar-refractivity contribution in [3.05, 3.63) is 34.7 Å². The number of benzene rings is 1. The SMILES string of the molecule is COc1cccc(F)c1NNc1nc(SC)nc(Cl)c1C(OC)OC. The Morgan fingerprint density at radius 1 is 1.16 bits per heavy atom. The van der Waals surface area contributed by atoms with Crippen molar-refractivity contribution in [3.63, 3.8) is 0 Å². The Morgan fingerprint density at radius 2 is 1.88 bits per heavy atom. The number of aromatic nitrogens is 2. The van der Waals surface area contributed by atoms with Gasteiger partial charge in [-0.05, 0) is 18.4 Å². The number of hydrogen-bond acceptors (Lipinski definition) is 8. The van der Waals surface area contributed by atoms with Gasteiger partial charge in [0, 0.05) is 14.2 Å². The summed E-state index contributed by atoms with van der Waals surface area (Å²) in [6.07, 6.45) is 1.02. The molecule has 7 nitrogen and oxygen atoms in total. The third-order valence-electron chi connectivity index (χ3n) is 3.23. The van der Waals surface area contributed by atoms with Crippen LogP contribution in [0.2, 0.25) is 5.15 Å². The van der Waals surface area contributed by atoms with Crippen LogP contribution in [0, 0.1) is 5.82 Å². The molecule has 1 aromatic heterocycles. The maximum atomic E-state index is 14.1. The van der Waals surface area contributed by atoms with Crippen LogP contribution in [-0.2, 0) is 9.47 Å². The summed E-state index contributed by atoms with van der Waals surface area (Å²) in [6.45, 7) is 0. The van der Waals surface area contributed by atoms with Crippen LogP contribution < -0.4 is 15.6 Å². The van der Waals surface area contributed by atoms with E-state index in [4.69, 9.17) is 25.8 Å². The normalized spacial score (nSPS) is 10.8. The summed E-state index contributed by atoms with van der Waals surface area (Å²) in [7, 11) is 4.37. The van der Waals surface area contributed by atoms with Gasteiger partial charge in [0.05, 0.1) is 12.7 Å². The Labute approximate surface area is 154 Å². The van der Waals surface area contributed by atoms with Gasteiger partial charge < -0.3 is 14.2 Å². The maximum Gasteiger partial charge on any atom is 0.190 e. The molecule has 0 aliphatic rings. The molecule has 2 rings (SSSR count). The molecule has 136 valence electrons. The van der Waals surface area contributed by atoms with E-state index < -0.39 is 12.1 Å². The average molecular weight is 389 g/mol. The first kappa shape index (κ1) is 19.5. The monoisotopic (exact) mass is 388 g/mol. The number of hydrogen-bond donors (Lipinski definition) is 2. The molecule has 0 bridgehead atoms. The van der Waals surface area contributed by atoms with E-state index in [0.29, 0.717) is 22.3 Å². The van der Waals surface area contributed by atoms with Crippen LogP contribution in [0.5, 0.6) is 5.75 Å². The molecule has 0 saturated carbocycles. The molecule has 0 spiro atoms. The Bertz CT molecular complexity index is 734. The van der Waals surface area contributed by atoms with Crippen molar-refractivity contribution >= 4 is 34.9 Å². The van der Waals surface area contributed by atoms with Crippen molar-refractivity contribution in [1.82, 2.24) is 9.97 Å². The lowest BCUT2D eigenvalue weighted by molar-refractivity contribution is -0.105. The molecule has 0 radical (unpaired) electrons. The number of para-hydroxylation sites is 1. The number of thioether (sulfide) groups is 1. The summed E-state index contributed by atoms with van der Waals surface area (Å²) >= 11 is 7.56. The standard InChI is InChI=1S/C15H18ClFN4O3S/c1-22-9-7-5-6-8(17)11(9)20-21-13-10(14(23-2)24-3)12(16)18-15(19-13)25-4/h5-7,14,20H,1-4H3,(H,18,19,21). The Balaban J connectivity index is 2.40. The van der Waals surface area contributed by atoms with Crippen LogP contribution in [0.1, 0.15) is 11.9 Å². The summed E-state index contributed by atoms with van der Waals surface area (Å²) in [4.78, 5) is 8.51. The van der Waals surface area contributed by atoms with E-state index in [1.807, 2.05) is 6.26 Å². The van der Waals surface area contributed by atoms with Gasteiger partial charge in [0.2, 0.25) is 0 Å². The number of methoxy groups -OCH3 is 3. The first-order chi connectivity index (χ1) is 12.0. The molecule has 25 heavy (non-hydrogen) atoms. The average Bonchev–Trinajstić information content (AvgIpc) is 2.62. The van der Waals surface area contributed by atoms with E-state index in [-0.39, 0.29) is 10.8 Å². The number of rotatable bonds is 8. The molecular weight excluding hydrogens is 371 g/mol. The Kier molecular flexibility index (Phi) is 7.06. The van der Waals surface area contributed by atoms with E-state index in [1.165, 1.54) is 39.2 Å². The molecule has 0 atom stereocenters. The highest BCUT2D eigenvalue weighted by molar-refractivity contribution is 7.98. The van der Waals surface area contributed by atoms with Gasteiger partial charge in [0.15, 0.2) is 23.1 Å². The highest BCUT2D eigenvalue weighted by atomic mass is 35.5. The zero-order valence-electron chi connectivity index (χ0n) is 14.1. The number of anilines is 2. The third kappa shape index (κ3) is 4.43. The van der Waals surface area contributed by atoms with Crippen molar-refractivity contribution in [2.75, 3.05) is 38.4 Å². The molecule has 0 aliphatic heterocycles. The smallest absolute Gasteiger partial charge is 0.190 e. The molecule has 10 heteroatoms. The van der Waals surface area contributed by atoms with E-state index >= 15 is 0 Å². The molecule has 2 aromatic rings. The van der Waals surface area contributed by atoms with Crippen LogP contribution in [0.3, 0.4) is 0 Å². The second-order valence-electron chi connectivity index (χ2n) is 4.63. The lowest BCUT2D eigenvalue weighted by Crippen LogP contribution is -2.18. The molecule has 0 aliphatic carbocycles. The first-order valence-electron chi connectivity index (χ1n) is 7.07. The molecule has 2 N–H and O–H groups in total. The molecular formula is C15H18ClFN4O3S. The van der Waals surface area contributed by atoms with Gasteiger partial charge in [-0.15, -0.1) is 0 Å². The number of hydrazine groups is 1. The van der Waals surface area contributed by atoms with Gasteiger partial charge in [-0.25, -0.2) is 14.4 Å². The predicted molar refractivity (Wildman–Crippen MR) is 95.8 cm³/mol. The summed E-state index contributed by atoms with van der Waals surface area (Å²) in [5.41, 5.74) is 6.09. The summed E-state index contributed by atoms with van der Waals surface area (Å²) in [6, 6.07) is 4.48. The van der Waals surface area contributed by atoms with Gasteiger partial charge in [0.1, 0.15) is 16.6 Å². The number of nitrogens with one attached hydrogen (secondary N) is 2. The van der Waals surface area contributed by atoms with E-state index in [0.717, 1.165) is 0 Å². The molecule has 0 fully saturated rings. The highest BCUT2D eigenvalue weighted by Gasteiger charge is 2.22. The fourth-order valence-electron chi connectivity index (χ4n) is 2.07. The quantitative estimate of drug-likeness (QED) is 0.233. The summed E-state index contributed by atoms with van der Waals surface area (Å²) < 4.78 is 29.7. The zero-order valence-corrected chi connectivity index (χ0v) is 15.7. The zero-order chi connectivity index (χ0) is 18.4. The lowest BCUT2D eigenvalue weighted by atomic mass is 10.3. The summed E-state index contributed by atoms with van der Waals surface area (Å²) in [5, 5.41) is 0.599. The fraction of sp³-hybridized carbons (Fsp3) is 0.333. The van der Waals surface area contributed by atoms with Crippen LogP contribution in [-0.4, -0.2) is 37.6 Å². The van der Waals surface area contributed by atoms with Gasteiger partial charge in [0.25, 0.3) is 0 Å². The van der Waals surface area contributed by atoms with Crippen molar-refractivity contribution in [3.8, 4) is 5.75 Å². The van der Waals surface area contributed by atoms with Gasteiger partial charge >= 0.3 is 0 Å². The summed E-state index contributed by atoms with van der Waals surface area (Å²) in [5.74, 6) is 0.131. The first-order valence-corrected chi connectivity index (χ1v) is 8.67. The highest BCUT2D eigenvalue weighted by Crippen LogP contribution is 2.33. The van der Waals surface area contributed by atoms with E-state index in [1.54, 1.807) is 12.1 Å². The number of halogens is 2.